The van der Waals surface area contributed by atoms with Gasteiger partial charge < -0.3 is 4.74 Å². The van der Waals surface area contributed by atoms with Gasteiger partial charge in [-0.15, -0.1) is 0 Å². The highest BCUT2D eigenvalue weighted by molar-refractivity contribution is 6.31. The first-order valence-electron chi connectivity index (χ1n) is 5.06. The molecular weight excluding hydrogens is 226 g/mol. The molecule has 3 nitrogen and oxygen atoms in total. The van der Waals surface area contributed by atoms with Crippen LogP contribution in [-0.4, -0.2) is 13.2 Å². The maximum Gasteiger partial charge on any atom is 0.235 e. The minimum absolute atomic E-state index is 0.445. The summed E-state index contributed by atoms with van der Waals surface area (Å²) in [6.45, 7) is 1.93. The second-order valence-corrected chi connectivity index (χ2v) is 4.44. The van der Waals surface area contributed by atoms with Crippen LogP contribution in [-0.2, 0) is 10.3 Å². The van der Waals surface area contributed by atoms with Crippen LogP contribution in [0.15, 0.2) is 17.1 Å². The number of halogens is 1. The number of carbonyl (C=O) groups excluding carboxylic acids is 1. The fourth-order valence-corrected chi connectivity index (χ4v) is 2.27. The number of benzene rings is 1. The monoisotopic (exact) mass is 237 g/mol. The summed E-state index contributed by atoms with van der Waals surface area (Å²) < 4.78 is 5.24. The Morgan fingerprint density at radius 1 is 1.50 bits per heavy atom. The van der Waals surface area contributed by atoms with Crippen LogP contribution in [0.3, 0.4) is 0 Å². The molecule has 0 radical (unpaired) electrons. The van der Waals surface area contributed by atoms with E-state index < -0.39 is 5.54 Å². The smallest absolute Gasteiger partial charge is 0.235 e. The largest absolute Gasteiger partial charge is 0.496 e. The van der Waals surface area contributed by atoms with Gasteiger partial charge in [0.05, 0.1) is 12.6 Å². The number of nitrogens with zero attached hydrogens (tertiary/aromatic N) is 1. The molecule has 0 heterocycles. The summed E-state index contributed by atoms with van der Waals surface area (Å²) >= 11 is 6.17. The molecule has 0 aliphatic heterocycles. The van der Waals surface area contributed by atoms with E-state index in [-0.39, 0.29) is 0 Å². The summed E-state index contributed by atoms with van der Waals surface area (Å²) in [5.41, 5.74) is 1.39. The number of methoxy groups -OCH3 is 1. The van der Waals surface area contributed by atoms with Gasteiger partial charge >= 0.3 is 0 Å². The van der Waals surface area contributed by atoms with Crippen molar-refractivity contribution in [2.45, 2.75) is 25.3 Å². The first-order valence-corrected chi connectivity index (χ1v) is 5.44. The van der Waals surface area contributed by atoms with Crippen molar-refractivity contribution in [3.8, 4) is 5.75 Å². The summed E-state index contributed by atoms with van der Waals surface area (Å²) in [7, 11) is 1.61. The zero-order valence-electron chi connectivity index (χ0n) is 9.21. The van der Waals surface area contributed by atoms with Crippen LogP contribution >= 0.6 is 11.6 Å². The van der Waals surface area contributed by atoms with E-state index in [9.17, 15) is 4.79 Å². The molecule has 4 heteroatoms. The van der Waals surface area contributed by atoms with Gasteiger partial charge in [-0.1, -0.05) is 11.6 Å². The predicted molar refractivity (Wildman–Crippen MR) is 61.8 cm³/mol. The van der Waals surface area contributed by atoms with Crippen molar-refractivity contribution in [1.82, 2.24) is 0 Å². The molecule has 1 aromatic rings. The van der Waals surface area contributed by atoms with Crippen molar-refractivity contribution in [3.63, 3.8) is 0 Å². The third-order valence-corrected chi connectivity index (χ3v) is 3.28. The second-order valence-electron chi connectivity index (χ2n) is 4.04. The highest BCUT2D eigenvalue weighted by Gasteiger charge is 2.46. The standard InChI is InChI=1S/C12H12ClNO2/c1-8-5-10(13)9(6-11(8)16-2)12(3-4-12)14-7-15/h5-6H,3-4H2,1-2H3. The quantitative estimate of drug-likeness (QED) is 0.599. The normalized spacial score (nSPS) is 16.4. The Hall–Kier alpha value is -1.31. The van der Waals surface area contributed by atoms with Gasteiger partial charge in [-0.2, -0.15) is 4.99 Å². The molecule has 1 fully saturated rings. The fraction of sp³-hybridized carbons (Fsp3) is 0.417. The van der Waals surface area contributed by atoms with E-state index in [0.29, 0.717) is 5.02 Å². The summed E-state index contributed by atoms with van der Waals surface area (Å²) in [5.74, 6) is 0.770. The number of aliphatic imine (C=N–C) groups is 1. The summed E-state index contributed by atoms with van der Waals surface area (Å²) in [4.78, 5) is 14.3. The van der Waals surface area contributed by atoms with Crippen LogP contribution in [0.4, 0.5) is 0 Å². The highest BCUT2D eigenvalue weighted by Crippen LogP contribution is 2.52. The Morgan fingerprint density at radius 2 is 2.19 bits per heavy atom. The fourth-order valence-electron chi connectivity index (χ4n) is 1.88. The molecule has 0 amide bonds. The van der Waals surface area contributed by atoms with Gasteiger partial charge in [0.2, 0.25) is 6.08 Å². The number of isocyanates is 1. The number of ether oxygens (including phenoxy) is 1. The average molecular weight is 238 g/mol. The van der Waals surface area contributed by atoms with Gasteiger partial charge in [-0.05, 0) is 37.5 Å². The van der Waals surface area contributed by atoms with Gasteiger partial charge in [-0.25, -0.2) is 4.79 Å². The Kier molecular flexibility index (Phi) is 2.75. The van der Waals surface area contributed by atoms with E-state index in [4.69, 9.17) is 16.3 Å². The molecule has 2 rings (SSSR count). The third-order valence-electron chi connectivity index (χ3n) is 2.97. The molecule has 1 saturated carbocycles. The number of aryl methyl sites for hydroxylation is 1. The number of hydrogen-bond acceptors (Lipinski definition) is 3. The van der Waals surface area contributed by atoms with E-state index >= 15 is 0 Å². The number of hydrogen-bond donors (Lipinski definition) is 0. The van der Waals surface area contributed by atoms with Gasteiger partial charge in [0.15, 0.2) is 0 Å². The Bertz CT molecular complexity index is 474. The van der Waals surface area contributed by atoms with Crippen LogP contribution < -0.4 is 4.74 Å². The summed E-state index contributed by atoms with van der Waals surface area (Å²) in [6.07, 6.45) is 3.31. The van der Waals surface area contributed by atoms with Gasteiger partial charge in [0.1, 0.15) is 5.75 Å². The molecule has 0 saturated heterocycles. The molecule has 0 aromatic heterocycles. The zero-order valence-corrected chi connectivity index (χ0v) is 9.97. The van der Waals surface area contributed by atoms with Gasteiger partial charge in [0, 0.05) is 10.6 Å². The maximum atomic E-state index is 10.4. The highest BCUT2D eigenvalue weighted by atomic mass is 35.5. The molecule has 0 unspecified atom stereocenters. The second kappa shape index (κ2) is 3.93. The van der Waals surface area contributed by atoms with Crippen molar-refractivity contribution in [2.75, 3.05) is 7.11 Å². The molecule has 1 aromatic carbocycles. The minimum atomic E-state index is -0.445. The lowest BCUT2D eigenvalue weighted by atomic mass is 10.0. The topological polar surface area (TPSA) is 38.7 Å². The predicted octanol–water partition coefficient (Wildman–Crippen LogP) is 2.98. The Balaban J connectivity index is 2.53. The summed E-state index contributed by atoms with van der Waals surface area (Å²) in [6, 6.07) is 3.71. The summed E-state index contributed by atoms with van der Waals surface area (Å²) in [5, 5.41) is 0.634. The molecule has 0 spiro atoms. The molecule has 84 valence electrons. The molecule has 1 aliphatic carbocycles. The zero-order chi connectivity index (χ0) is 11.8. The average Bonchev–Trinajstić information content (AvgIpc) is 2.99. The first kappa shape index (κ1) is 11.2. The molecule has 1 aliphatic rings. The van der Waals surface area contributed by atoms with Crippen molar-refractivity contribution in [2.24, 2.45) is 4.99 Å². The first-order chi connectivity index (χ1) is 7.63. The van der Waals surface area contributed by atoms with Gasteiger partial charge in [-0.3, -0.25) is 0 Å². The lowest BCUT2D eigenvalue weighted by Gasteiger charge is -2.14. The van der Waals surface area contributed by atoms with Gasteiger partial charge in [0.25, 0.3) is 0 Å². The van der Waals surface area contributed by atoms with Crippen molar-refractivity contribution < 1.29 is 9.53 Å². The molecular formula is C12H12ClNO2. The van der Waals surface area contributed by atoms with Crippen molar-refractivity contribution in [1.29, 1.82) is 0 Å². The lowest BCUT2D eigenvalue weighted by Crippen LogP contribution is -2.04. The number of rotatable bonds is 3. The lowest BCUT2D eigenvalue weighted by molar-refractivity contribution is 0.410. The molecule has 0 bridgehead atoms. The van der Waals surface area contributed by atoms with Crippen molar-refractivity contribution >= 4 is 17.7 Å². The van der Waals surface area contributed by atoms with Crippen LogP contribution in [0.1, 0.15) is 24.0 Å². The maximum absolute atomic E-state index is 10.4. The third kappa shape index (κ3) is 1.73. The van der Waals surface area contributed by atoms with Crippen molar-refractivity contribution in [3.05, 3.63) is 28.3 Å². The molecule has 0 atom stereocenters. The van der Waals surface area contributed by atoms with Crippen LogP contribution in [0, 0.1) is 6.92 Å². The van der Waals surface area contributed by atoms with Crippen LogP contribution in [0.2, 0.25) is 5.02 Å². The Labute approximate surface area is 99.1 Å². The van der Waals surface area contributed by atoms with E-state index in [0.717, 1.165) is 29.7 Å². The van der Waals surface area contributed by atoms with Crippen LogP contribution in [0.5, 0.6) is 5.75 Å². The Morgan fingerprint density at radius 3 is 2.69 bits per heavy atom. The van der Waals surface area contributed by atoms with E-state index in [1.807, 2.05) is 19.1 Å². The minimum Gasteiger partial charge on any atom is -0.496 e. The molecule has 0 N–H and O–H groups in total. The van der Waals surface area contributed by atoms with E-state index in [1.54, 1.807) is 13.2 Å². The van der Waals surface area contributed by atoms with Crippen LogP contribution in [0.25, 0.3) is 0 Å². The van der Waals surface area contributed by atoms with E-state index in [2.05, 4.69) is 4.99 Å². The molecule has 16 heavy (non-hydrogen) atoms. The van der Waals surface area contributed by atoms with E-state index in [1.165, 1.54) is 0 Å². The SMILES string of the molecule is COc1cc(C2(N=C=O)CC2)c(Cl)cc1C.